The molecule has 7 aliphatic rings. The Kier molecular flexibility index (Phi) is 20.3. The largest absolute Gasteiger partial charge is 0.498 e. The molecule has 6 aromatic rings. The lowest BCUT2D eigenvalue weighted by atomic mass is 9.82. The molecule has 0 N–H and O–H groups in total. The molecule has 1 saturated heterocycles. The highest BCUT2D eigenvalue weighted by atomic mass is 79.9. The number of amides is 4. The van der Waals surface area contributed by atoms with Crippen LogP contribution in [0.25, 0.3) is 22.5 Å². The van der Waals surface area contributed by atoms with E-state index in [1.54, 1.807) is 30.6 Å². The molecule has 0 spiro atoms. The Morgan fingerprint density at radius 3 is 1.61 bits per heavy atom. The molecule has 0 unspecified atom stereocenters. The maximum atomic E-state index is 12.9. The standard InChI is InChI=1S/C21H27N5O2.C17H20N4O.C12H19BN2O2.C12H14BrNO.C4H7NO/c1-13(2)9-20(28)24-11-14(3)26(15(4)27)19-8-7-18(23-21(19)24)16-10-22-25(12-16)17-5-6-17;1-11-3-6-16-17(21(11)12(2)22)8-7-15(19-16)13-9-18-20(10-13)14-4-5-14;1-11(2)12(3,4)17-13(16-11)9-7-14-15(8-9)10-5-6-10;1-8-3-4-10-7-11(13)5-6-12(10)14(8)9(2)15;1-4(2)5-3-6/h7-8,10,12-14,17H,5-6,9,11H2,1-4H3;7-11,14H,3-6H2,1-2H3;7-8,10H,5-6H2,1-4H3;5-8H,3-4H2,1-2H3;4H,1-2H3/t14-;11-;;8-;/m00.0./s1. The van der Waals surface area contributed by atoms with Gasteiger partial charge >= 0.3 is 7.12 Å². The molecule has 3 saturated carbocycles. The molecule has 9 heterocycles. The number of rotatable bonds is 9. The minimum Gasteiger partial charge on any atom is -0.399 e. The van der Waals surface area contributed by atoms with Crippen LogP contribution in [0.3, 0.4) is 0 Å². The average molecular weight is 1270 g/mol. The normalized spacial score (nSPS) is 20.3. The lowest BCUT2D eigenvalue weighted by Gasteiger charge is -2.40. The van der Waals surface area contributed by atoms with Crippen molar-refractivity contribution in [1.29, 1.82) is 0 Å². The van der Waals surface area contributed by atoms with Crippen molar-refractivity contribution in [2.75, 3.05) is 26.1 Å². The third-order valence-corrected chi connectivity index (χ3v) is 17.7. The fourth-order valence-corrected chi connectivity index (χ4v) is 11.8. The molecular weight excluding hydrogens is 1180 g/mol. The Morgan fingerprint density at radius 2 is 1.11 bits per heavy atom. The number of carbonyl (C=O) groups is 4. The monoisotopic (exact) mass is 1260 g/mol. The van der Waals surface area contributed by atoms with E-state index >= 15 is 0 Å². The summed E-state index contributed by atoms with van der Waals surface area (Å²) in [5.41, 5.74) is 9.18. The van der Waals surface area contributed by atoms with Gasteiger partial charge in [0.25, 0.3) is 0 Å². The summed E-state index contributed by atoms with van der Waals surface area (Å²) in [7, 11) is -0.285. The SMILES string of the molecule is CC(=O)N1c2ccc(-c3cnn(C4CC4)c3)nc2CC[C@@H]1C.CC(=O)N1c2ccc(-c3cnn(C4CC4)c3)nc2N(C(=O)CC(C)C)C[C@@H]1C.CC(=O)N1c2ccc(Br)cc2CC[C@@H]1C.CC(C)N=C=O.CC1(C)OB(c2cnn(C3CC3)c2)OC1(C)C. The van der Waals surface area contributed by atoms with Crippen LogP contribution >= 0.6 is 15.9 Å². The van der Waals surface area contributed by atoms with E-state index in [1.807, 2.05) is 120 Å². The maximum Gasteiger partial charge on any atom is 0.498 e. The molecule has 0 radical (unpaired) electrons. The van der Waals surface area contributed by atoms with Gasteiger partial charge in [-0.1, -0.05) is 29.8 Å². The second kappa shape index (κ2) is 27.3. The molecule has 88 heavy (non-hydrogen) atoms. The molecule has 4 fully saturated rings. The zero-order chi connectivity index (χ0) is 63.5. The van der Waals surface area contributed by atoms with Crippen LogP contribution in [0.2, 0.25) is 0 Å². The van der Waals surface area contributed by atoms with Crippen molar-refractivity contribution in [2.45, 2.75) is 221 Å². The Morgan fingerprint density at radius 1 is 0.636 bits per heavy atom. The van der Waals surface area contributed by atoms with E-state index in [9.17, 15) is 24.0 Å². The smallest absolute Gasteiger partial charge is 0.399 e. The van der Waals surface area contributed by atoms with E-state index in [4.69, 9.17) is 19.3 Å². The maximum absolute atomic E-state index is 12.9. The van der Waals surface area contributed by atoms with E-state index in [2.05, 4.69) is 96.2 Å². The van der Waals surface area contributed by atoms with Crippen molar-refractivity contribution in [3.63, 3.8) is 0 Å². The molecule has 0 bridgehead atoms. The molecule has 468 valence electrons. The van der Waals surface area contributed by atoms with E-state index in [-0.39, 0.29) is 66.0 Å². The number of aromatic nitrogens is 8. The number of anilines is 4. The van der Waals surface area contributed by atoms with Crippen molar-refractivity contribution in [1.82, 2.24) is 39.3 Å². The Balaban J connectivity index is 0.000000139. The molecule has 20 nitrogen and oxygen atoms in total. The highest BCUT2D eigenvalue weighted by molar-refractivity contribution is 9.10. The van der Waals surface area contributed by atoms with E-state index < -0.39 is 0 Å². The third kappa shape index (κ3) is 15.5. The number of nitrogens with zero attached hydrogens (tertiary/aromatic N) is 13. The average Bonchev–Trinajstić information content (AvgIpc) is 1.46. The molecular formula is C66H87BBrN13O7. The fraction of sp³-hybridized carbons (Fsp3) is 0.545. The quantitative estimate of drug-likeness (QED) is 0.0752. The zero-order valence-corrected chi connectivity index (χ0v) is 55.3. The Bertz CT molecular complexity index is 3520. The molecule has 3 aliphatic carbocycles. The second-order valence-electron chi connectivity index (χ2n) is 26.1. The van der Waals surface area contributed by atoms with Crippen LogP contribution in [-0.2, 0) is 46.1 Å². The van der Waals surface area contributed by atoms with Crippen LogP contribution in [0.1, 0.15) is 184 Å². The highest BCUT2D eigenvalue weighted by Crippen LogP contribution is 2.41. The predicted octanol–water partition coefficient (Wildman–Crippen LogP) is 11.8. The van der Waals surface area contributed by atoms with Crippen LogP contribution in [0.15, 0.2) is 89.1 Å². The Labute approximate surface area is 527 Å². The van der Waals surface area contributed by atoms with Crippen LogP contribution in [0.4, 0.5) is 22.9 Å². The third-order valence-electron chi connectivity index (χ3n) is 17.2. The van der Waals surface area contributed by atoms with Gasteiger partial charge < -0.3 is 24.0 Å². The van der Waals surface area contributed by atoms with Crippen LogP contribution in [0.5, 0.6) is 0 Å². The lowest BCUT2D eigenvalue weighted by Crippen LogP contribution is -2.52. The van der Waals surface area contributed by atoms with Crippen LogP contribution in [0, 0.1) is 5.92 Å². The number of aryl methyl sites for hydroxylation is 2. The van der Waals surface area contributed by atoms with Gasteiger partial charge in [-0.2, -0.15) is 15.3 Å². The van der Waals surface area contributed by atoms with Crippen molar-refractivity contribution < 1.29 is 33.3 Å². The minimum absolute atomic E-state index is 0.0409. The molecule has 4 aliphatic heterocycles. The summed E-state index contributed by atoms with van der Waals surface area (Å²) in [4.78, 5) is 78.1. The molecule has 22 heteroatoms. The number of pyridine rings is 2. The summed E-state index contributed by atoms with van der Waals surface area (Å²) >= 11 is 3.46. The fourth-order valence-electron chi connectivity index (χ4n) is 11.4. The van der Waals surface area contributed by atoms with Gasteiger partial charge in [0.2, 0.25) is 29.7 Å². The first-order valence-electron chi connectivity index (χ1n) is 31.3. The summed E-state index contributed by atoms with van der Waals surface area (Å²) in [5.74, 6) is 1.05. The van der Waals surface area contributed by atoms with Gasteiger partial charge in [-0.05, 0) is 180 Å². The van der Waals surface area contributed by atoms with Gasteiger partial charge in [0.05, 0.1) is 82.3 Å². The number of halogens is 1. The molecule has 1 aromatic carbocycles. The lowest BCUT2D eigenvalue weighted by molar-refractivity contribution is -0.120. The van der Waals surface area contributed by atoms with E-state index in [1.165, 1.54) is 50.2 Å². The first-order chi connectivity index (χ1) is 41.7. The van der Waals surface area contributed by atoms with Crippen molar-refractivity contribution in [2.24, 2.45) is 10.9 Å². The summed E-state index contributed by atoms with van der Waals surface area (Å²) in [6.45, 7) is 27.4. The Hall–Kier alpha value is -7.13. The van der Waals surface area contributed by atoms with Crippen molar-refractivity contribution in [3.05, 3.63) is 95.4 Å². The van der Waals surface area contributed by atoms with Crippen molar-refractivity contribution in [3.8, 4) is 22.5 Å². The molecule has 3 atom stereocenters. The number of hydrogen-bond donors (Lipinski definition) is 0. The molecule has 13 rings (SSSR count). The van der Waals surface area contributed by atoms with Gasteiger partial charge in [-0.15, -0.1) is 0 Å². The first-order valence-corrected chi connectivity index (χ1v) is 32.1. The van der Waals surface area contributed by atoms with Crippen LogP contribution < -0.4 is 25.1 Å². The summed E-state index contributed by atoms with van der Waals surface area (Å²) in [5, 5.41) is 13.3. The summed E-state index contributed by atoms with van der Waals surface area (Å²) in [6, 6.07) is 16.2. The predicted molar refractivity (Wildman–Crippen MR) is 347 cm³/mol. The van der Waals surface area contributed by atoms with Gasteiger partial charge in [-0.25, -0.2) is 14.8 Å². The van der Waals surface area contributed by atoms with E-state index in [0.717, 1.165) is 75.2 Å². The number of isocyanates is 1. The number of aliphatic imine (C=N–C) groups is 1. The summed E-state index contributed by atoms with van der Waals surface area (Å²) < 4.78 is 19.1. The highest BCUT2D eigenvalue weighted by Gasteiger charge is 2.52. The topological polar surface area (TPSA) is 208 Å². The molecule has 5 aromatic heterocycles. The zero-order valence-electron chi connectivity index (χ0n) is 53.7. The van der Waals surface area contributed by atoms with Crippen LogP contribution in [-0.4, -0.2) is 118 Å². The summed E-state index contributed by atoms with van der Waals surface area (Å²) in [6.07, 6.45) is 24.9. The first kappa shape index (κ1) is 65.3. The number of carbonyl (C=O) groups excluding carboxylic acids is 5. The number of hydrogen-bond acceptors (Lipinski definition) is 13. The van der Waals surface area contributed by atoms with Crippen molar-refractivity contribution >= 4 is 81.1 Å². The van der Waals surface area contributed by atoms with Gasteiger partial charge in [0.1, 0.15) is 0 Å². The minimum atomic E-state index is -0.285. The van der Waals surface area contributed by atoms with Gasteiger partial charge in [0.15, 0.2) is 5.82 Å². The molecule has 4 amide bonds. The van der Waals surface area contributed by atoms with E-state index in [0.29, 0.717) is 48.6 Å². The van der Waals surface area contributed by atoms with Gasteiger partial charge in [-0.3, -0.25) is 43.1 Å². The second-order valence-corrected chi connectivity index (χ2v) is 27.1. The number of fused-ring (bicyclic) bond motifs is 3. The van der Waals surface area contributed by atoms with Gasteiger partial charge in [0, 0.05) is 97.4 Å². The number of benzene rings is 1.